The molecular formula is C76H122N2O34. The Balaban J connectivity index is 0.854. The van der Waals surface area contributed by atoms with Gasteiger partial charge in [-0.05, 0) is 117 Å². The fraction of sp³-hybridized carbons (Fsp3) is 0.908. The maximum absolute atomic E-state index is 16.2. The Labute approximate surface area is 649 Å². The summed E-state index contributed by atoms with van der Waals surface area (Å²) in [7, 11) is 0. The summed E-state index contributed by atoms with van der Waals surface area (Å²) in [5, 5.41) is 204. The monoisotopic (exact) mass is 1610 g/mol. The van der Waals surface area contributed by atoms with Gasteiger partial charge in [0.25, 0.3) is 0 Å². The average Bonchev–Trinajstić information content (AvgIpc) is 0.669. The molecule has 36 heteroatoms. The third kappa shape index (κ3) is 17.0. The highest BCUT2D eigenvalue weighted by Crippen LogP contribution is 2.76. The molecule has 0 spiro atoms. The molecule has 6 heterocycles. The van der Waals surface area contributed by atoms with Crippen LogP contribution in [0.1, 0.15) is 170 Å². The third-order valence-electron chi connectivity index (χ3n) is 27.8. The number of rotatable bonds is 28. The van der Waals surface area contributed by atoms with Crippen LogP contribution in [0.3, 0.4) is 0 Å². The van der Waals surface area contributed by atoms with E-state index in [1.807, 2.05) is 0 Å². The van der Waals surface area contributed by atoms with Gasteiger partial charge in [0.05, 0.1) is 61.6 Å². The fourth-order valence-electron chi connectivity index (χ4n) is 21.0. The lowest BCUT2D eigenvalue weighted by molar-refractivity contribution is -0.391. The number of fused-ring (bicyclic) bond motifs is 7. The molecule has 36 nitrogen and oxygen atoms in total. The fourth-order valence-corrected chi connectivity index (χ4v) is 21.0. The number of aliphatic hydroxyl groups is 16. The normalized spacial score (nSPS) is 48.8. The van der Waals surface area contributed by atoms with Crippen LogP contribution in [0.2, 0.25) is 0 Å². The predicted octanol–water partition coefficient (Wildman–Crippen LogP) is -3.16. The van der Waals surface area contributed by atoms with E-state index in [9.17, 15) is 106 Å². The second kappa shape index (κ2) is 35.6. The molecule has 2 amide bonds. The van der Waals surface area contributed by atoms with Crippen LogP contribution in [0.4, 0.5) is 0 Å². The van der Waals surface area contributed by atoms with Gasteiger partial charge in [0.15, 0.2) is 43.8 Å². The summed E-state index contributed by atoms with van der Waals surface area (Å²) >= 11 is 0. The van der Waals surface area contributed by atoms with Gasteiger partial charge in [-0.2, -0.15) is 0 Å². The number of carboxylic acid groups (broad SMARTS) is 2. The molecule has 640 valence electrons. The van der Waals surface area contributed by atoms with Crippen LogP contribution in [-0.4, -0.2) is 332 Å². The first-order valence-corrected chi connectivity index (χ1v) is 39.9. The zero-order chi connectivity index (χ0) is 81.8. The molecule has 0 radical (unpaired) electrons. The number of ether oxygens (including phenoxy) is 11. The standard InChI is InChI=1S/C76H122N2O34/c1-33-58(108-65-53(94)47(88)36(82)30-102-65)52(93)56(97)67(104-33)110-60-50(91)46(77-44(85)16-14-12-10-8-9-11-13-15-17-45(86)87)38(28-79)105-63(60)78-70(101)76-25-24-71(2,3)26-35(76)34-18-19-41-72(4)22-21-43(73(5,32-81)40(72)20-23-74(41,6)75(34,7)27-42(76)84)107-69-62(112-68-55(96)51(92)49(90)39(29-80)106-68)59(57(98)61(111-69)64(99)100)109-66-54(95)48(89)37(83)31-103-66/h18,32-33,35-43,46-63,65-69,79-80,82-84,88-98H,8-17,19-31H2,1-7H3,(H,77,85)(H,78,101)(H,86,87)(H,99,100)/t33?,35?,36-,37-,38?,39?,40-,41?,42?,43+,46+,47?,48+,49+,50?,51+,52?,53?,54?,55?,56?,57+,58+,59+,60?,61?,62?,63+,65+,66+,67+,68+,69-,72?,73-,74?,75-,76-/m1/s1. The summed E-state index contributed by atoms with van der Waals surface area (Å²) in [5.41, 5.74) is -4.81. The van der Waals surface area contributed by atoms with Crippen LogP contribution in [0.5, 0.6) is 0 Å². The SMILES string of the molecule is CC1O[C@@H](OC2C(O)[C@@H](NC(=O)CCCCCCCCCCC(=O)O)C(CO)O[C@@H]2NC(=O)[C@]23CCC(C)(C)CC2C2=CCC4C5(C)CC[C@H](O[C@@H]6OC(C(=O)O)[C@@H](O)[C@H](O[C@@H]7OC[C@@H](O)[C@H](O)C7O)C6O[C@@H]6OC(CO)[C@H](O)[C@H](O)C6O)[C@](C)(C=O)[C@@H]5CCC4(C)[C@]2(C)CC3O)C(O)C(O)[C@H]1O[C@@H]1OC[C@@H](O)C(O)C1O. The first-order valence-electron chi connectivity index (χ1n) is 39.9. The minimum atomic E-state index is -2.23. The van der Waals surface area contributed by atoms with E-state index in [2.05, 4.69) is 51.3 Å². The Kier molecular flexibility index (Phi) is 28.3. The van der Waals surface area contributed by atoms with Gasteiger partial charge in [-0.25, -0.2) is 4.79 Å². The number of hydrogen-bond donors (Lipinski definition) is 20. The minimum absolute atomic E-state index is 0.00132. The molecule has 11 rings (SSSR count). The maximum atomic E-state index is 16.2. The maximum Gasteiger partial charge on any atom is 0.335 e. The van der Waals surface area contributed by atoms with Crippen molar-refractivity contribution >= 4 is 30.0 Å². The number of aliphatic hydroxyl groups excluding tert-OH is 16. The largest absolute Gasteiger partial charge is 0.481 e. The molecule has 4 saturated carbocycles. The van der Waals surface area contributed by atoms with Crippen LogP contribution in [0.25, 0.3) is 0 Å². The number of carboxylic acids is 2. The van der Waals surface area contributed by atoms with Gasteiger partial charge in [-0.3, -0.25) is 14.4 Å². The van der Waals surface area contributed by atoms with Gasteiger partial charge < -0.3 is 159 Å². The summed E-state index contributed by atoms with van der Waals surface area (Å²) in [6, 6.07) is -1.42. The van der Waals surface area contributed by atoms with Crippen LogP contribution in [0.15, 0.2) is 11.6 Å². The molecule has 38 atom stereocenters. The number of aliphatic carboxylic acids is 2. The lowest BCUT2D eigenvalue weighted by Gasteiger charge is -2.71. The number of hydrogen-bond acceptors (Lipinski definition) is 32. The van der Waals surface area contributed by atoms with Crippen molar-refractivity contribution in [1.29, 1.82) is 0 Å². The second-order valence-corrected chi connectivity index (χ2v) is 35.2. The second-order valence-electron chi connectivity index (χ2n) is 35.2. The Bertz CT molecular complexity index is 3250. The molecule has 6 aliphatic heterocycles. The number of carbonyl (C=O) groups excluding carboxylic acids is 3. The highest BCUT2D eigenvalue weighted by molar-refractivity contribution is 5.85. The first-order chi connectivity index (χ1) is 52.8. The summed E-state index contributed by atoms with van der Waals surface area (Å²) in [6.07, 6.45) is -39.8. The molecular weight excluding hydrogens is 1480 g/mol. The van der Waals surface area contributed by atoms with E-state index in [0.717, 1.165) is 44.0 Å². The molecule has 5 aliphatic carbocycles. The molecule has 0 aromatic carbocycles. The van der Waals surface area contributed by atoms with Gasteiger partial charge in [-0.1, -0.05) is 91.7 Å². The van der Waals surface area contributed by atoms with Crippen molar-refractivity contribution in [1.82, 2.24) is 10.6 Å². The number of nitrogens with one attached hydrogen (secondary N) is 2. The van der Waals surface area contributed by atoms with Gasteiger partial charge >= 0.3 is 11.9 Å². The molecule has 11 aliphatic rings. The molecule has 0 bridgehead atoms. The molecule has 10 fully saturated rings. The predicted molar refractivity (Wildman–Crippen MR) is 379 cm³/mol. The van der Waals surface area contributed by atoms with E-state index in [0.29, 0.717) is 57.8 Å². The van der Waals surface area contributed by atoms with Gasteiger partial charge in [0.2, 0.25) is 11.8 Å². The zero-order valence-electron chi connectivity index (χ0n) is 64.6. The molecule has 0 aromatic heterocycles. The van der Waals surface area contributed by atoms with E-state index in [1.165, 1.54) is 6.92 Å². The van der Waals surface area contributed by atoms with Crippen molar-refractivity contribution in [2.45, 2.75) is 355 Å². The summed E-state index contributed by atoms with van der Waals surface area (Å²) in [5.74, 6) is -5.22. The third-order valence-corrected chi connectivity index (χ3v) is 27.8. The van der Waals surface area contributed by atoms with Crippen LogP contribution in [-0.2, 0) is 76.1 Å². The highest BCUT2D eigenvalue weighted by Gasteiger charge is 2.73. The number of allylic oxidation sites excluding steroid dienone is 2. The van der Waals surface area contributed by atoms with Crippen molar-refractivity contribution in [2.24, 2.45) is 50.2 Å². The van der Waals surface area contributed by atoms with Crippen LogP contribution in [0, 0.1) is 50.2 Å². The quantitative estimate of drug-likeness (QED) is 0.0159. The van der Waals surface area contributed by atoms with Crippen molar-refractivity contribution in [2.75, 3.05) is 26.4 Å². The number of carbonyl (C=O) groups is 5. The highest BCUT2D eigenvalue weighted by atomic mass is 16.8. The average molecular weight is 1610 g/mol. The van der Waals surface area contributed by atoms with Crippen molar-refractivity contribution in [3.8, 4) is 0 Å². The van der Waals surface area contributed by atoms with E-state index < -0.39 is 279 Å². The van der Waals surface area contributed by atoms with E-state index >= 15 is 4.79 Å². The Morgan fingerprint density at radius 2 is 1.09 bits per heavy atom. The molecule has 112 heavy (non-hydrogen) atoms. The summed E-state index contributed by atoms with van der Waals surface area (Å²) in [4.78, 5) is 68.3. The zero-order valence-corrected chi connectivity index (χ0v) is 64.6. The van der Waals surface area contributed by atoms with E-state index in [-0.39, 0.29) is 38.0 Å². The first kappa shape index (κ1) is 89.0. The smallest absolute Gasteiger partial charge is 0.335 e. The van der Waals surface area contributed by atoms with E-state index in [1.54, 1.807) is 6.92 Å². The van der Waals surface area contributed by atoms with Crippen molar-refractivity contribution in [3.05, 3.63) is 11.6 Å². The molecule has 6 saturated heterocycles. The number of unbranched alkanes of at least 4 members (excludes halogenated alkanes) is 7. The van der Waals surface area contributed by atoms with Gasteiger partial charge in [0.1, 0.15) is 122 Å². The molecule has 18 unspecified atom stereocenters. The van der Waals surface area contributed by atoms with Gasteiger partial charge in [-0.15, -0.1) is 0 Å². The van der Waals surface area contributed by atoms with Gasteiger partial charge in [0, 0.05) is 12.8 Å². The Hall–Kier alpha value is -3.79. The van der Waals surface area contributed by atoms with Crippen LogP contribution < -0.4 is 10.6 Å². The topological polar surface area (TPSA) is 575 Å². The van der Waals surface area contributed by atoms with Crippen molar-refractivity contribution in [3.63, 3.8) is 0 Å². The lowest BCUT2D eigenvalue weighted by Crippen LogP contribution is -2.72. The van der Waals surface area contributed by atoms with Crippen LogP contribution >= 0.6 is 0 Å². The Morgan fingerprint density at radius 3 is 1.69 bits per heavy atom. The summed E-state index contributed by atoms with van der Waals surface area (Å²) in [6.45, 7) is 11.0. The summed E-state index contributed by atoms with van der Waals surface area (Å²) < 4.78 is 66.7. The van der Waals surface area contributed by atoms with Crippen molar-refractivity contribution < 1.29 is 168 Å². The molecule has 20 N–H and O–H groups in total. The minimum Gasteiger partial charge on any atom is -0.481 e. The lowest BCUT2D eigenvalue weighted by atomic mass is 9.33. The Morgan fingerprint density at radius 1 is 0.527 bits per heavy atom. The molecule has 0 aromatic rings. The van der Waals surface area contributed by atoms with E-state index in [4.69, 9.17) is 57.2 Å². The number of amides is 2. The number of aldehydes is 1.